The lowest BCUT2D eigenvalue weighted by Gasteiger charge is -2.25. The fraction of sp³-hybridized carbons (Fsp3) is 0.0256. The first kappa shape index (κ1) is 25.0. The Bertz CT molecular complexity index is 2200. The molecule has 4 nitrogen and oxygen atoms in total. The summed E-state index contributed by atoms with van der Waals surface area (Å²) in [5.74, 6) is 0. The molecular weight excluding hydrogens is 524 g/mol. The molecule has 0 atom stereocenters. The van der Waals surface area contributed by atoms with Gasteiger partial charge in [0, 0.05) is 39.1 Å². The Kier molecular flexibility index (Phi) is 5.97. The van der Waals surface area contributed by atoms with Gasteiger partial charge < -0.3 is 9.47 Å². The van der Waals surface area contributed by atoms with E-state index < -0.39 is 0 Å². The Hall–Kier alpha value is -5.74. The molecule has 2 aromatic heterocycles. The summed E-state index contributed by atoms with van der Waals surface area (Å²) >= 11 is 0. The minimum atomic E-state index is 0.870. The molecule has 0 radical (unpaired) electrons. The van der Waals surface area contributed by atoms with Crippen LogP contribution in [0.4, 0.5) is 17.1 Å². The summed E-state index contributed by atoms with van der Waals surface area (Å²) in [7, 11) is 0. The molecule has 2 heterocycles. The Morgan fingerprint density at radius 3 is 1.84 bits per heavy atom. The van der Waals surface area contributed by atoms with Crippen molar-refractivity contribution in [1.29, 1.82) is 0 Å². The Balaban J connectivity index is 1.27. The molecule has 8 aromatic rings. The van der Waals surface area contributed by atoms with Crippen LogP contribution in [0.5, 0.6) is 0 Å². The molecule has 6 aromatic carbocycles. The van der Waals surface area contributed by atoms with E-state index in [9.17, 15) is 0 Å². The maximum Gasteiger partial charge on any atom is 0.0894 e. The van der Waals surface area contributed by atoms with Gasteiger partial charge in [0.05, 0.1) is 34.0 Å². The Morgan fingerprint density at radius 2 is 1.14 bits per heavy atom. The molecule has 0 aliphatic heterocycles. The molecule has 0 saturated heterocycles. The van der Waals surface area contributed by atoms with Gasteiger partial charge in [0.15, 0.2) is 0 Å². The number of hydrogen-bond acceptors (Lipinski definition) is 3. The van der Waals surface area contributed by atoms with Crippen LogP contribution in [0.1, 0.15) is 5.56 Å². The lowest BCUT2D eigenvalue weighted by molar-refractivity contribution is 1.18. The normalized spacial score (nSPS) is 11.4. The van der Waals surface area contributed by atoms with Crippen LogP contribution < -0.4 is 4.90 Å². The van der Waals surface area contributed by atoms with Crippen LogP contribution in [-0.4, -0.2) is 14.5 Å². The molecular formula is C39H28N4. The van der Waals surface area contributed by atoms with Crippen molar-refractivity contribution in [2.45, 2.75) is 6.92 Å². The summed E-state index contributed by atoms with van der Waals surface area (Å²) in [6.45, 7) is 2.16. The molecule has 0 saturated carbocycles. The van der Waals surface area contributed by atoms with Gasteiger partial charge >= 0.3 is 0 Å². The number of aromatic nitrogens is 3. The van der Waals surface area contributed by atoms with Gasteiger partial charge in [-0.2, -0.15) is 0 Å². The highest BCUT2D eigenvalue weighted by Gasteiger charge is 2.17. The standard InChI is InChI=1S/C39H28N4/c1-27-16-22-38-33(24-27)34-25-32(42(29-10-4-2-5-11-29)30-12-6-3-7-13-30)21-23-39(34)43(38)31-19-17-28(18-20-31)37-26-40-35-14-8-9-15-36(35)41-37/h2-26H,1H3. The second kappa shape index (κ2) is 10.3. The molecule has 0 fully saturated rings. The first-order chi connectivity index (χ1) is 21.2. The molecule has 0 bridgehead atoms. The molecule has 4 heteroatoms. The fourth-order valence-corrected chi connectivity index (χ4v) is 6.02. The van der Waals surface area contributed by atoms with Crippen LogP contribution in [0.15, 0.2) is 152 Å². The van der Waals surface area contributed by atoms with E-state index in [1.807, 2.05) is 30.5 Å². The van der Waals surface area contributed by atoms with Crippen molar-refractivity contribution in [2.24, 2.45) is 0 Å². The van der Waals surface area contributed by atoms with E-state index >= 15 is 0 Å². The van der Waals surface area contributed by atoms with E-state index in [4.69, 9.17) is 4.98 Å². The summed E-state index contributed by atoms with van der Waals surface area (Å²) < 4.78 is 2.36. The molecule has 8 rings (SSSR count). The zero-order chi connectivity index (χ0) is 28.8. The van der Waals surface area contributed by atoms with E-state index in [0.717, 1.165) is 45.0 Å². The van der Waals surface area contributed by atoms with Crippen LogP contribution in [0.3, 0.4) is 0 Å². The monoisotopic (exact) mass is 552 g/mol. The number of fused-ring (bicyclic) bond motifs is 4. The average Bonchev–Trinajstić information content (AvgIpc) is 3.38. The van der Waals surface area contributed by atoms with E-state index in [1.165, 1.54) is 27.4 Å². The van der Waals surface area contributed by atoms with Crippen molar-refractivity contribution >= 4 is 49.9 Å². The molecule has 0 amide bonds. The SMILES string of the molecule is Cc1ccc2c(c1)c1cc(N(c3ccccc3)c3ccccc3)ccc1n2-c1ccc(-c2cnc3ccccc3n2)cc1. The van der Waals surface area contributed by atoms with Gasteiger partial charge in [-0.1, -0.05) is 72.3 Å². The second-order valence-corrected chi connectivity index (χ2v) is 10.9. The zero-order valence-electron chi connectivity index (χ0n) is 23.7. The maximum atomic E-state index is 4.85. The largest absolute Gasteiger partial charge is 0.310 e. The lowest BCUT2D eigenvalue weighted by atomic mass is 10.1. The van der Waals surface area contributed by atoms with Crippen LogP contribution in [-0.2, 0) is 0 Å². The van der Waals surface area contributed by atoms with E-state index in [0.29, 0.717) is 0 Å². The number of hydrogen-bond donors (Lipinski definition) is 0. The minimum absolute atomic E-state index is 0.870. The van der Waals surface area contributed by atoms with Gasteiger partial charge in [0.2, 0.25) is 0 Å². The highest BCUT2D eigenvalue weighted by atomic mass is 15.1. The summed E-state index contributed by atoms with van der Waals surface area (Å²) in [5, 5.41) is 2.46. The van der Waals surface area contributed by atoms with Crippen molar-refractivity contribution in [3.05, 3.63) is 157 Å². The second-order valence-electron chi connectivity index (χ2n) is 10.9. The predicted molar refractivity (Wildman–Crippen MR) is 179 cm³/mol. The smallest absolute Gasteiger partial charge is 0.0894 e. The van der Waals surface area contributed by atoms with Crippen LogP contribution in [0.25, 0.3) is 49.8 Å². The average molecular weight is 553 g/mol. The predicted octanol–water partition coefficient (Wildman–Crippen LogP) is 10.2. The number of anilines is 3. The molecule has 0 spiro atoms. The molecule has 0 N–H and O–H groups in total. The van der Waals surface area contributed by atoms with Gasteiger partial charge in [-0.3, -0.25) is 4.98 Å². The summed E-state index contributed by atoms with van der Waals surface area (Å²) in [6.07, 6.45) is 1.85. The van der Waals surface area contributed by atoms with E-state index in [1.54, 1.807) is 0 Å². The minimum Gasteiger partial charge on any atom is -0.310 e. The van der Waals surface area contributed by atoms with E-state index in [2.05, 4.69) is 143 Å². The van der Waals surface area contributed by atoms with E-state index in [-0.39, 0.29) is 0 Å². The van der Waals surface area contributed by atoms with Crippen LogP contribution >= 0.6 is 0 Å². The molecule has 0 aliphatic carbocycles. The highest BCUT2D eigenvalue weighted by Crippen LogP contribution is 2.39. The zero-order valence-corrected chi connectivity index (χ0v) is 23.7. The Labute approximate surface area is 250 Å². The number of aryl methyl sites for hydroxylation is 1. The van der Waals surface area contributed by atoms with Crippen molar-refractivity contribution in [2.75, 3.05) is 4.90 Å². The van der Waals surface area contributed by atoms with Gasteiger partial charge in [0.1, 0.15) is 0 Å². The molecule has 0 unspecified atom stereocenters. The maximum absolute atomic E-state index is 4.85. The van der Waals surface area contributed by atoms with Crippen molar-refractivity contribution in [3.8, 4) is 16.9 Å². The Morgan fingerprint density at radius 1 is 0.535 bits per heavy atom. The van der Waals surface area contributed by atoms with Gasteiger partial charge in [0.25, 0.3) is 0 Å². The summed E-state index contributed by atoms with van der Waals surface area (Å²) in [4.78, 5) is 11.8. The number of rotatable bonds is 5. The topological polar surface area (TPSA) is 34.0 Å². The lowest BCUT2D eigenvalue weighted by Crippen LogP contribution is -2.09. The number of nitrogens with zero attached hydrogens (tertiary/aromatic N) is 4. The number of benzene rings is 6. The first-order valence-electron chi connectivity index (χ1n) is 14.5. The molecule has 0 aliphatic rings. The summed E-state index contributed by atoms with van der Waals surface area (Å²) in [6, 6.07) is 51.3. The van der Waals surface area contributed by atoms with Gasteiger partial charge in [-0.25, -0.2) is 4.98 Å². The van der Waals surface area contributed by atoms with Gasteiger partial charge in [-0.05, 0) is 85.8 Å². The number of para-hydroxylation sites is 4. The van der Waals surface area contributed by atoms with Crippen LogP contribution in [0.2, 0.25) is 0 Å². The van der Waals surface area contributed by atoms with Gasteiger partial charge in [-0.15, -0.1) is 0 Å². The first-order valence-corrected chi connectivity index (χ1v) is 14.5. The highest BCUT2D eigenvalue weighted by molar-refractivity contribution is 6.11. The third-order valence-electron chi connectivity index (χ3n) is 8.06. The van der Waals surface area contributed by atoms with Crippen LogP contribution in [0, 0.1) is 6.92 Å². The fourth-order valence-electron chi connectivity index (χ4n) is 6.02. The molecule has 204 valence electrons. The third kappa shape index (κ3) is 4.41. The van der Waals surface area contributed by atoms with Crippen molar-refractivity contribution < 1.29 is 0 Å². The van der Waals surface area contributed by atoms with Crippen molar-refractivity contribution in [1.82, 2.24) is 14.5 Å². The van der Waals surface area contributed by atoms with Crippen molar-refractivity contribution in [3.63, 3.8) is 0 Å². The third-order valence-corrected chi connectivity index (χ3v) is 8.06. The quantitative estimate of drug-likeness (QED) is 0.213. The summed E-state index contributed by atoms with van der Waals surface area (Å²) in [5.41, 5.74) is 11.8. The molecule has 43 heavy (non-hydrogen) atoms.